The quantitative estimate of drug-likeness (QED) is 0.850. The van der Waals surface area contributed by atoms with E-state index in [4.69, 9.17) is 0 Å². The molecule has 1 atom stereocenters. The molecule has 1 aliphatic carbocycles. The number of hydrogen-bond acceptors (Lipinski definition) is 4. The van der Waals surface area contributed by atoms with E-state index in [1.165, 1.54) is 6.26 Å². The second-order valence-electron chi connectivity index (χ2n) is 6.76. The summed E-state index contributed by atoms with van der Waals surface area (Å²) in [4.78, 5) is 19.2. The van der Waals surface area contributed by atoms with Crippen LogP contribution in [0.25, 0.3) is 0 Å². The standard InChI is InChI=1S/C17H24N2O3S/c1-23(21,22)15-9-4-10-18-16(15)14-8-5-11-19(12-14)17(20)13-6-2-3-7-13/h4,9-10,13-14H,2-3,5-8,11-12H2,1H3/t14-/m1/s1. The summed E-state index contributed by atoms with van der Waals surface area (Å²) in [5.41, 5.74) is 0.624. The first-order valence-corrected chi connectivity index (χ1v) is 10.3. The molecular weight excluding hydrogens is 312 g/mol. The van der Waals surface area contributed by atoms with E-state index in [1.54, 1.807) is 18.3 Å². The van der Waals surface area contributed by atoms with Crippen LogP contribution in [0, 0.1) is 5.92 Å². The zero-order chi connectivity index (χ0) is 16.4. The van der Waals surface area contributed by atoms with E-state index in [9.17, 15) is 13.2 Å². The maximum Gasteiger partial charge on any atom is 0.225 e. The largest absolute Gasteiger partial charge is 0.342 e. The molecule has 23 heavy (non-hydrogen) atoms. The van der Waals surface area contributed by atoms with Crippen molar-refractivity contribution in [3.63, 3.8) is 0 Å². The predicted molar refractivity (Wildman–Crippen MR) is 87.9 cm³/mol. The highest BCUT2D eigenvalue weighted by atomic mass is 32.2. The van der Waals surface area contributed by atoms with Crippen LogP contribution in [0.15, 0.2) is 23.2 Å². The normalized spacial score (nSPS) is 23.2. The lowest BCUT2D eigenvalue weighted by Crippen LogP contribution is -2.42. The Hall–Kier alpha value is -1.43. The first-order chi connectivity index (χ1) is 11.0. The molecule has 5 nitrogen and oxygen atoms in total. The van der Waals surface area contributed by atoms with E-state index in [0.29, 0.717) is 17.1 Å². The molecule has 0 radical (unpaired) electrons. The summed E-state index contributed by atoms with van der Waals surface area (Å²) in [5.74, 6) is 0.441. The number of nitrogens with zero attached hydrogens (tertiary/aromatic N) is 2. The van der Waals surface area contributed by atoms with Crippen molar-refractivity contribution < 1.29 is 13.2 Å². The van der Waals surface area contributed by atoms with Crippen molar-refractivity contribution in [1.82, 2.24) is 9.88 Å². The SMILES string of the molecule is CS(=O)(=O)c1cccnc1[C@@H]1CCCN(C(=O)C2CCCC2)C1. The highest BCUT2D eigenvalue weighted by Gasteiger charge is 2.33. The number of piperidine rings is 1. The van der Waals surface area contributed by atoms with E-state index in [0.717, 1.165) is 45.1 Å². The zero-order valence-corrected chi connectivity index (χ0v) is 14.4. The molecule has 1 aromatic rings. The Morgan fingerprint density at radius 2 is 1.96 bits per heavy atom. The topological polar surface area (TPSA) is 67.3 Å². The molecule has 0 bridgehead atoms. The second-order valence-corrected chi connectivity index (χ2v) is 8.75. The van der Waals surface area contributed by atoms with Gasteiger partial charge in [-0.15, -0.1) is 0 Å². The minimum Gasteiger partial charge on any atom is -0.342 e. The van der Waals surface area contributed by atoms with Crippen LogP contribution in [0.1, 0.15) is 50.1 Å². The third-order valence-corrected chi connectivity index (χ3v) is 6.17. The number of pyridine rings is 1. The molecule has 1 aromatic heterocycles. The molecule has 0 unspecified atom stereocenters. The van der Waals surface area contributed by atoms with Gasteiger partial charge < -0.3 is 4.90 Å². The molecular formula is C17H24N2O3S. The fraction of sp³-hybridized carbons (Fsp3) is 0.647. The average molecular weight is 336 g/mol. The third-order valence-electron chi connectivity index (χ3n) is 5.02. The minimum atomic E-state index is -3.30. The lowest BCUT2D eigenvalue weighted by atomic mass is 9.93. The van der Waals surface area contributed by atoms with Gasteiger partial charge in [-0.05, 0) is 37.8 Å². The van der Waals surface area contributed by atoms with Gasteiger partial charge in [-0.25, -0.2) is 8.42 Å². The van der Waals surface area contributed by atoms with Crippen molar-refractivity contribution in [3.8, 4) is 0 Å². The number of likely N-dealkylation sites (tertiary alicyclic amines) is 1. The van der Waals surface area contributed by atoms with Gasteiger partial charge in [-0.1, -0.05) is 12.8 Å². The number of amides is 1. The van der Waals surface area contributed by atoms with Crippen molar-refractivity contribution in [3.05, 3.63) is 24.0 Å². The van der Waals surface area contributed by atoms with Crippen LogP contribution in [0.4, 0.5) is 0 Å². The summed E-state index contributed by atoms with van der Waals surface area (Å²) in [6.07, 6.45) is 8.94. The van der Waals surface area contributed by atoms with Crippen LogP contribution in [-0.4, -0.2) is 43.6 Å². The molecule has 0 N–H and O–H groups in total. The van der Waals surface area contributed by atoms with Gasteiger partial charge in [0.05, 0.1) is 10.6 Å². The lowest BCUT2D eigenvalue weighted by Gasteiger charge is -2.34. The first-order valence-electron chi connectivity index (χ1n) is 8.40. The Labute approximate surface area is 138 Å². The number of sulfone groups is 1. The summed E-state index contributed by atoms with van der Waals surface area (Å²) in [7, 11) is -3.30. The molecule has 1 saturated heterocycles. The van der Waals surface area contributed by atoms with E-state index in [1.807, 2.05) is 4.90 Å². The molecule has 1 saturated carbocycles. The molecule has 2 heterocycles. The van der Waals surface area contributed by atoms with Gasteiger partial charge >= 0.3 is 0 Å². The van der Waals surface area contributed by atoms with Crippen molar-refractivity contribution in [1.29, 1.82) is 0 Å². The fourth-order valence-corrected chi connectivity index (χ4v) is 4.78. The third kappa shape index (κ3) is 3.57. The maximum absolute atomic E-state index is 12.6. The molecule has 2 aliphatic rings. The number of carbonyl (C=O) groups excluding carboxylic acids is 1. The van der Waals surface area contributed by atoms with Gasteiger partial charge in [0.1, 0.15) is 0 Å². The van der Waals surface area contributed by atoms with Crippen molar-refractivity contribution in [2.75, 3.05) is 19.3 Å². The molecule has 1 aliphatic heterocycles. The Morgan fingerprint density at radius 1 is 1.22 bits per heavy atom. The number of rotatable bonds is 3. The summed E-state index contributed by atoms with van der Waals surface area (Å²) in [6, 6.07) is 3.28. The molecule has 3 rings (SSSR count). The van der Waals surface area contributed by atoms with Gasteiger partial charge in [0.15, 0.2) is 9.84 Å². The van der Waals surface area contributed by atoms with Crippen molar-refractivity contribution in [2.45, 2.75) is 49.3 Å². The van der Waals surface area contributed by atoms with E-state index < -0.39 is 9.84 Å². The van der Waals surface area contributed by atoms with Crippen LogP contribution in [0.3, 0.4) is 0 Å². The monoisotopic (exact) mass is 336 g/mol. The Balaban J connectivity index is 1.80. The van der Waals surface area contributed by atoms with Gasteiger partial charge in [-0.3, -0.25) is 9.78 Å². The summed E-state index contributed by atoms with van der Waals surface area (Å²) in [6.45, 7) is 1.38. The van der Waals surface area contributed by atoms with E-state index in [-0.39, 0.29) is 17.7 Å². The average Bonchev–Trinajstić information content (AvgIpc) is 3.08. The van der Waals surface area contributed by atoms with Crippen molar-refractivity contribution in [2.24, 2.45) is 5.92 Å². The Morgan fingerprint density at radius 3 is 2.65 bits per heavy atom. The fourth-order valence-electron chi connectivity index (χ4n) is 3.85. The number of hydrogen-bond donors (Lipinski definition) is 0. The molecule has 6 heteroatoms. The molecule has 0 spiro atoms. The Bertz CT molecular complexity index is 681. The van der Waals surface area contributed by atoms with Crippen LogP contribution in [0.5, 0.6) is 0 Å². The highest BCUT2D eigenvalue weighted by Crippen LogP contribution is 2.33. The summed E-state index contributed by atoms with van der Waals surface area (Å²) < 4.78 is 24.0. The van der Waals surface area contributed by atoms with Gasteiger partial charge in [0, 0.05) is 37.4 Å². The van der Waals surface area contributed by atoms with Crippen LogP contribution < -0.4 is 0 Å². The van der Waals surface area contributed by atoms with E-state index in [2.05, 4.69) is 4.98 Å². The number of carbonyl (C=O) groups is 1. The molecule has 126 valence electrons. The van der Waals surface area contributed by atoms with Gasteiger partial charge in [-0.2, -0.15) is 0 Å². The molecule has 1 amide bonds. The van der Waals surface area contributed by atoms with Gasteiger partial charge in [0.25, 0.3) is 0 Å². The molecule has 0 aromatic carbocycles. The van der Waals surface area contributed by atoms with Crippen LogP contribution >= 0.6 is 0 Å². The highest BCUT2D eigenvalue weighted by molar-refractivity contribution is 7.90. The first kappa shape index (κ1) is 16.4. The van der Waals surface area contributed by atoms with Crippen LogP contribution in [-0.2, 0) is 14.6 Å². The lowest BCUT2D eigenvalue weighted by molar-refractivity contribution is -0.136. The van der Waals surface area contributed by atoms with Crippen LogP contribution in [0.2, 0.25) is 0 Å². The minimum absolute atomic E-state index is 0.0139. The maximum atomic E-state index is 12.6. The second kappa shape index (κ2) is 6.59. The van der Waals surface area contributed by atoms with E-state index >= 15 is 0 Å². The molecule has 2 fully saturated rings. The smallest absolute Gasteiger partial charge is 0.225 e. The van der Waals surface area contributed by atoms with Crippen molar-refractivity contribution >= 4 is 15.7 Å². The number of aromatic nitrogens is 1. The predicted octanol–water partition coefficient (Wildman–Crippen LogP) is 2.38. The van der Waals surface area contributed by atoms with Gasteiger partial charge in [0.2, 0.25) is 5.91 Å². The zero-order valence-electron chi connectivity index (χ0n) is 13.6. The Kier molecular flexibility index (Phi) is 4.71. The summed E-state index contributed by atoms with van der Waals surface area (Å²) >= 11 is 0. The summed E-state index contributed by atoms with van der Waals surface area (Å²) in [5, 5.41) is 0.